The molecule has 0 radical (unpaired) electrons. The van der Waals surface area contributed by atoms with Crippen LogP contribution in [0.5, 0.6) is 0 Å². The zero-order valence-electron chi connectivity index (χ0n) is 15.1. The molecule has 1 aromatic rings. The van der Waals surface area contributed by atoms with Gasteiger partial charge in [0.15, 0.2) is 12.4 Å². The van der Waals surface area contributed by atoms with Crippen LogP contribution in [0.2, 0.25) is 0 Å². The number of hydrogen-bond donors (Lipinski definition) is 1. The summed E-state index contributed by atoms with van der Waals surface area (Å²) in [6, 6.07) is 8.90. The van der Waals surface area contributed by atoms with Gasteiger partial charge in [-0.05, 0) is 50.4 Å². The minimum Gasteiger partial charge on any atom is -0.457 e. The lowest BCUT2D eigenvalue weighted by Gasteiger charge is -2.60. The molecule has 26 heavy (non-hydrogen) atoms. The van der Waals surface area contributed by atoms with Crippen LogP contribution in [-0.4, -0.2) is 29.8 Å². The van der Waals surface area contributed by atoms with E-state index in [0.29, 0.717) is 23.8 Å². The second-order valence-corrected chi connectivity index (χ2v) is 8.57. The van der Waals surface area contributed by atoms with Crippen molar-refractivity contribution in [1.82, 2.24) is 5.32 Å². The molecule has 1 aromatic carbocycles. The Bertz CT molecular complexity index is 728. The van der Waals surface area contributed by atoms with Gasteiger partial charge in [-0.15, -0.1) is 0 Å². The average Bonchev–Trinajstić information content (AvgIpc) is 2.57. The highest BCUT2D eigenvalue weighted by molar-refractivity contribution is 5.98. The lowest BCUT2D eigenvalue weighted by molar-refractivity contribution is -0.174. The van der Waals surface area contributed by atoms with Gasteiger partial charge in [0, 0.05) is 18.0 Å². The zero-order chi connectivity index (χ0) is 18.4. The van der Waals surface area contributed by atoms with Gasteiger partial charge in [0.05, 0.1) is 5.41 Å². The lowest BCUT2D eigenvalue weighted by atomic mass is 9.47. The van der Waals surface area contributed by atoms with Gasteiger partial charge in [0.1, 0.15) is 0 Å². The van der Waals surface area contributed by atoms with Gasteiger partial charge in [-0.2, -0.15) is 0 Å². The predicted molar refractivity (Wildman–Crippen MR) is 95.4 cm³/mol. The summed E-state index contributed by atoms with van der Waals surface area (Å²) in [7, 11) is 0. The lowest BCUT2D eigenvalue weighted by Crippen LogP contribution is -2.64. The fraction of sp³-hybridized carbons (Fsp3) is 0.571. The maximum atomic E-state index is 13.0. The van der Waals surface area contributed by atoms with Gasteiger partial charge in [-0.1, -0.05) is 30.3 Å². The molecule has 4 saturated carbocycles. The number of carbonyl (C=O) groups is 3. The first-order chi connectivity index (χ1) is 12.4. The summed E-state index contributed by atoms with van der Waals surface area (Å²) in [6.07, 6.45) is 5.35. The number of amides is 1. The van der Waals surface area contributed by atoms with Crippen LogP contribution < -0.4 is 5.32 Å². The number of benzene rings is 1. The monoisotopic (exact) mass is 355 g/mol. The molecule has 1 amide bonds. The van der Waals surface area contributed by atoms with Gasteiger partial charge in [-0.25, -0.2) is 0 Å². The summed E-state index contributed by atoms with van der Waals surface area (Å²) in [6.45, 7) is 1.33. The first-order valence-corrected chi connectivity index (χ1v) is 9.44. The molecule has 5 rings (SSSR count). The van der Waals surface area contributed by atoms with Crippen LogP contribution in [0.25, 0.3) is 0 Å². The second-order valence-electron chi connectivity index (χ2n) is 8.57. The molecule has 0 heterocycles. The van der Waals surface area contributed by atoms with Gasteiger partial charge in [0.25, 0.3) is 0 Å². The Balaban J connectivity index is 1.47. The molecule has 4 aliphatic rings. The zero-order valence-corrected chi connectivity index (χ0v) is 15.1. The van der Waals surface area contributed by atoms with Crippen molar-refractivity contribution in [2.45, 2.75) is 51.0 Å². The van der Waals surface area contributed by atoms with Crippen LogP contribution in [0.15, 0.2) is 30.3 Å². The number of esters is 1. The van der Waals surface area contributed by atoms with E-state index >= 15 is 0 Å². The second kappa shape index (κ2) is 6.22. The Kier molecular flexibility index (Phi) is 4.13. The van der Waals surface area contributed by atoms with Crippen LogP contribution in [0.4, 0.5) is 0 Å². The van der Waals surface area contributed by atoms with Crippen molar-refractivity contribution >= 4 is 17.7 Å². The number of carbonyl (C=O) groups excluding carboxylic acids is 3. The number of rotatable bonds is 5. The molecular formula is C21H25NO4. The Labute approximate surface area is 153 Å². The molecule has 1 N–H and O–H groups in total. The third-order valence-corrected chi connectivity index (χ3v) is 6.37. The Morgan fingerprint density at radius 3 is 2.35 bits per heavy atom. The number of nitrogens with one attached hydrogen (secondary N) is 1. The minimum absolute atomic E-state index is 0.0327. The highest BCUT2D eigenvalue weighted by Gasteiger charge is 2.61. The molecule has 0 unspecified atom stereocenters. The largest absolute Gasteiger partial charge is 0.457 e. The normalized spacial score (nSPS) is 34.3. The topological polar surface area (TPSA) is 72.5 Å². The average molecular weight is 355 g/mol. The van der Waals surface area contributed by atoms with Gasteiger partial charge in [-0.3, -0.25) is 14.4 Å². The minimum atomic E-state index is -0.538. The van der Waals surface area contributed by atoms with E-state index in [-0.39, 0.29) is 29.8 Å². The van der Waals surface area contributed by atoms with Crippen LogP contribution in [-0.2, 0) is 14.3 Å². The number of Topliss-reactive ketones (excluding diaryl/α,β-unsaturated/α-hetero) is 1. The maximum Gasteiger partial charge on any atom is 0.312 e. The van der Waals surface area contributed by atoms with Crippen molar-refractivity contribution in [2.75, 3.05) is 6.61 Å². The molecule has 0 spiro atoms. The SMILES string of the molecule is CC(=O)NC12C[C@H]3C[C@H](C1)CC(C(=O)OCC(=O)c1ccccc1)(C3)C2. The molecule has 4 bridgehead atoms. The van der Waals surface area contributed by atoms with Crippen molar-refractivity contribution in [3.05, 3.63) is 35.9 Å². The predicted octanol–water partition coefficient (Wildman–Crippen LogP) is 2.89. The standard InChI is InChI=1S/C21H25NO4/c1-14(23)22-21-10-15-7-16(11-21)9-20(8-15,13-21)19(25)26-12-18(24)17-5-3-2-4-6-17/h2-6,15-16H,7-13H2,1H3,(H,22,23)/t15-,16-,20?,21?/m0/s1. The summed E-state index contributed by atoms with van der Waals surface area (Å²) >= 11 is 0. The molecule has 5 heteroatoms. The molecule has 4 aliphatic carbocycles. The molecule has 4 fully saturated rings. The smallest absolute Gasteiger partial charge is 0.312 e. The number of ketones is 1. The van der Waals surface area contributed by atoms with Crippen molar-refractivity contribution in [2.24, 2.45) is 17.3 Å². The van der Waals surface area contributed by atoms with Gasteiger partial charge in [0.2, 0.25) is 5.91 Å². The van der Waals surface area contributed by atoms with E-state index in [1.807, 2.05) is 6.07 Å². The summed E-state index contributed by atoms with van der Waals surface area (Å²) in [4.78, 5) is 36.9. The van der Waals surface area contributed by atoms with E-state index in [9.17, 15) is 14.4 Å². The first-order valence-electron chi connectivity index (χ1n) is 9.44. The third kappa shape index (κ3) is 3.04. The highest BCUT2D eigenvalue weighted by atomic mass is 16.5. The first kappa shape index (κ1) is 17.3. The summed E-state index contributed by atoms with van der Waals surface area (Å²) in [5, 5.41) is 3.14. The fourth-order valence-electron chi connectivity index (χ4n) is 6.01. The van der Waals surface area contributed by atoms with E-state index in [4.69, 9.17) is 4.74 Å². The van der Waals surface area contributed by atoms with Crippen LogP contribution in [0.3, 0.4) is 0 Å². The quantitative estimate of drug-likeness (QED) is 0.651. The third-order valence-electron chi connectivity index (χ3n) is 6.37. The summed E-state index contributed by atoms with van der Waals surface area (Å²) < 4.78 is 5.49. The van der Waals surface area contributed by atoms with E-state index in [0.717, 1.165) is 32.1 Å². The summed E-state index contributed by atoms with van der Waals surface area (Å²) in [5.74, 6) is 0.446. The van der Waals surface area contributed by atoms with Crippen LogP contribution in [0.1, 0.15) is 55.8 Å². The van der Waals surface area contributed by atoms with Crippen molar-refractivity contribution in [1.29, 1.82) is 0 Å². The molecule has 138 valence electrons. The molecule has 0 aromatic heterocycles. The molecule has 2 atom stereocenters. The van der Waals surface area contributed by atoms with Crippen LogP contribution in [0, 0.1) is 17.3 Å². The molecule has 0 aliphatic heterocycles. The molecular weight excluding hydrogens is 330 g/mol. The fourth-order valence-corrected chi connectivity index (χ4v) is 6.01. The highest BCUT2D eigenvalue weighted by Crippen LogP contribution is 2.62. The van der Waals surface area contributed by atoms with Crippen molar-refractivity contribution < 1.29 is 19.1 Å². The Morgan fingerprint density at radius 2 is 1.73 bits per heavy atom. The molecule has 0 saturated heterocycles. The van der Waals surface area contributed by atoms with Crippen molar-refractivity contribution in [3.8, 4) is 0 Å². The maximum absolute atomic E-state index is 13.0. The van der Waals surface area contributed by atoms with Gasteiger partial charge < -0.3 is 10.1 Å². The Morgan fingerprint density at radius 1 is 1.08 bits per heavy atom. The molecule has 5 nitrogen and oxygen atoms in total. The van der Waals surface area contributed by atoms with Gasteiger partial charge >= 0.3 is 5.97 Å². The van der Waals surface area contributed by atoms with E-state index in [2.05, 4.69) is 5.32 Å². The number of ether oxygens (including phenoxy) is 1. The van der Waals surface area contributed by atoms with E-state index < -0.39 is 5.41 Å². The number of hydrogen-bond acceptors (Lipinski definition) is 4. The van der Waals surface area contributed by atoms with Crippen LogP contribution >= 0.6 is 0 Å². The van der Waals surface area contributed by atoms with Crippen molar-refractivity contribution in [3.63, 3.8) is 0 Å². The van der Waals surface area contributed by atoms with E-state index in [1.54, 1.807) is 31.2 Å². The Hall–Kier alpha value is -2.17. The van der Waals surface area contributed by atoms with E-state index in [1.165, 1.54) is 0 Å². The summed E-state index contributed by atoms with van der Waals surface area (Å²) in [5.41, 5.74) is -0.248.